The number of methoxy groups -OCH3 is 1. The molecule has 0 aliphatic carbocycles. The lowest BCUT2D eigenvalue weighted by Crippen LogP contribution is -2.16. The van der Waals surface area contributed by atoms with Crippen molar-refractivity contribution in [3.05, 3.63) is 41.5 Å². The van der Waals surface area contributed by atoms with Gasteiger partial charge in [-0.25, -0.2) is 0 Å². The van der Waals surface area contributed by atoms with E-state index in [1.165, 1.54) is 12.5 Å². The second-order valence-corrected chi connectivity index (χ2v) is 7.69. The fraction of sp³-hybridized carbons (Fsp3) is 0.542. The molecule has 1 aromatic carbocycles. The molecule has 1 atom stereocenters. The SMILES string of the molecule is COc1ccc(COC/C=C(\C)CCC[C@H](C)COC(=O)CC(=O)CC(C)=O)cc1. The maximum Gasteiger partial charge on any atom is 0.313 e. The van der Waals surface area contributed by atoms with Gasteiger partial charge in [0.1, 0.15) is 18.0 Å². The smallest absolute Gasteiger partial charge is 0.313 e. The summed E-state index contributed by atoms with van der Waals surface area (Å²) in [6.45, 7) is 6.85. The summed E-state index contributed by atoms with van der Waals surface area (Å²) in [5.41, 5.74) is 2.37. The van der Waals surface area contributed by atoms with Crippen molar-refractivity contribution in [2.24, 2.45) is 5.92 Å². The van der Waals surface area contributed by atoms with Crippen LogP contribution in [-0.2, 0) is 30.5 Å². The van der Waals surface area contributed by atoms with Gasteiger partial charge in [-0.15, -0.1) is 0 Å². The van der Waals surface area contributed by atoms with Crippen LogP contribution in [0, 0.1) is 5.92 Å². The third-order valence-electron chi connectivity index (χ3n) is 4.56. The van der Waals surface area contributed by atoms with Crippen molar-refractivity contribution in [1.82, 2.24) is 0 Å². The molecule has 0 spiro atoms. The summed E-state index contributed by atoms with van der Waals surface area (Å²) in [6, 6.07) is 7.82. The summed E-state index contributed by atoms with van der Waals surface area (Å²) in [5.74, 6) is -0.139. The average Bonchev–Trinajstić information content (AvgIpc) is 2.69. The second-order valence-electron chi connectivity index (χ2n) is 7.69. The van der Waals surface area contributed by atoms with Crippen LogP contribution in [0.1, 0.15) is 58.4 Å². The summed E-state index contributed by atoms with van der Waals surface area (Å²) in [4.78, 5) is 33.9. The first-order valence-corrected chi connectivity index (χ1v) is 10.3. The number of ketones is 2. The van der Waals surface area contributed by atoms with Gasteiger partial charge in [0.05, 0.1) is 33.4 Å². The number of allylic oxidation sites excluding steroid dienone is 1. The van der Waals surface area contributed by atoms with Crippen LogP contribution in [0.4, 0.5) is 0 Å². The minimum absolute atomic E-state index is 0.208. The number of hydrogen-bond acceptors (Lipinski definition) is 6. The highest BCUT2D eigenvalue weighted by molar-refractivity contribution is 6.04. The summed E-state index contributed by atoms with van der Waals surface area (Å²) in [6.07, 6.45) is 4.43. The Morgan fingerprint density at radius 3 is 2.40 bits per heavy atom. The molecule has 0 aliphatic heterocycles. The maximum absolute atomic E-state index is 11.6. The van der Waals surface area contributed by atoms with E-state index in [1.807, 2.05) is 31.2 Å². The third kappa shape index (κ3) is 12.2. The Labute approximate surface area is 179 Å². The Balaban J connectivity index is 2.13. The van der Waals surface area contributed by atoms with Gasteiger partial charge in [-0.1, -0.05) is 30.7 Å². The highest BCUT2D eigenvalue weighted by Gasteiger charge is 2.14. The molecule has 166 valence electrons. The van der Waals surface area contributed by atoms with Crippen molar-refractivity contribution in [2.75, 3.05) is 20.3 Å². The summed E-state index contributed by atoms with van der Waals surface area (Å²) in [5, 5.41) is 0. The van der Waals surface area contributed by atoms with Gasteiger partial charge in [0, 0.05) is 0 Å². The predicted molar refractivity (Wildman–Crippen MR) is 115 cm³/mol. The van der Waals surface area contributed by atoms with Gasteiger partial charge < -0.3 is 14.2 Å². The Hall–Kier alpha value is -2.47. The first-order chi connectivity index (χ1) is 14.3. The molecule has 0 bridgehead atoms. The number of benzene rings is 1. The van der Waals surface area contributed by atoms with Crippen molar-refractivity contribution >= 4 is 17.5 Å². The summed E-state index contributed by atoms with van der Waals surface area (Å²) in [7, 11) is 1.65. The van der Waals surface area contributed by atoms with E-state index in [9.17, 15) is 14.4 Å². The maximum atomic E-state index is 11.6. The van der Waals surface area contributed by atoms with Gasteiger partial charge in [-0.3, -0.25) is 14.4 Å². The van der Waals surface area contributed by atoms with E-state index in [0.29, 0.717) is 19.8 Å². The van der Waals surface area contributed by atoms with Crippen LogP contribution in [0.5, 0.6) is 5.75 Å². The molecule has 0 aromatic heterocycles. The van der Waals surface area contributed by atoms with Gasteiger partial charge in [-0.05, 0) is 56.7 Å². The second kappa shape index (κ2) is 14.5. The zero-order valence-corrected chi connectivity index (χ0v) is 18.6. The van der Waals surface area contributed by atoms with Crippen LogP contribution in [0.15, 0.2) is 35.9 Å². The number of Topliss-reactive ketones (excluding diaryl/α,β-unsaturated/α-hetero) is 2. The molecule has 0 radical (unpaired) electrons. The first kappa shape index (κ1) is 25.6. The molecule has 0 saturated carbocycles. The molecule has 0 heterocycles. The van der Waals surface area contributed by atoms with Gasteiger partial charge in [-0.2, -0.15) is 0 Å². The lowest BCUT2D eigenvalue weighted by molar-refractivity contribution is -0.147. The molecule has 0 unspecified atom stereocenters. The molecule has 0 aliphatic rings. The number of rotatable bonds is 15. The van der Waals surface area contributed by atoms with Crippen LogP contribution in [-0.4, -0.2) is 37.9 Å². The van der Waals surface area contributed by atoms with E-state index in [4.69, 9.17) is 14.2 Å². The molecule has 0 N–H and O–H groups in total. The molecule has 30 heavy (non-hydrogen) atoms. The van der Waals surface area contributed by atoms with Crippen LogP contribution >= 0.6 is 0 Å². The Kier molecular flexibility index (Phi) is 12.4. The van der Waals surface area contributed by atoms with Crippen molar-refractivity contribution in [3.8, 4) is 5.75 Å². The van der Waals surface area contributed by atoms with Crippen LogP contribution < -0.4 is 4.74 Å². The fourth-order valence-corrected chi connectivity index (χ4v) is 2.80. The van der Waals surface area contributed by atoms with E-state index in [2.05, 4.69) is 13.0 Å². The monoisotopic (exact) mass is 418 g/mol. The lowest BCUT2D eigenvalue weighted by Gasteiger charge is -2.12. The van der Waals surface area contributed by atoms with E-state index >= 15 is 0 Å². The first-order valence-electron chi connectivity index (χ1n) is 10.3. The lowest BCUT2D eigenvalue weighted by atomic mass is 10.0. The number of carbonyl (C=O) groups excluding carboxylic acids is 3. The number of esters is 1. The highest BCUT2D eigenvalue weighted by atomic mass is 16.5. The normalized spacial score (nSPS) is 12.3. The Bertz CT molecular complexity index is 705. The molecule has 6 heteroatoms. The van der Waals surface area contributed by atoms with Crippen molar-refractivity contribution in [3.63, 3.8) is 0 Å². The Morgan fingerprint density at radius 1 is 1.07 bits per heavy atom. The van der Waals surface area contributed by atoms with E-state index in [0.717, 1.165) is 30.6 Å². The fourth-order valence-electron chi connectivity index (χ4n) is 2.80. The van der Waals surface area contributed by atoms with Crippen LogP contribution in [0.25, 0.3) is 0 Å². The molecule has 0 saturated heterocycles. The molecule has 6 nitrogen and oxygen atoms in total. The highest BCUT2D eigenvalue weighted by Crippen LogP contribution is 2.14. The minimum Gasteiger partial charge on any atom is -0.497 e. The summed E-state index contributed by atoms with van der Waals surface area (Å²) >= 11 is 0. The molecule has 0 fully saturated rings. The van der Waals surface area contributed by atoms with Crippen LogP contribution in [0.2, 0.25) is 0 Å². The average molecular weight is 419 g/mol. The zero-order chi connectivity index (χ0) is 22.4. The van der Waals surface area contributed by atoms with Gasteiger partial charge in [0.25, 0.3) is 0 Å². The Morgan fingerprint density at radius 2 is 1.77 bits per heavy atom. The number of hydrogen-bond donors (Lipinski definition) is 0. The molecular formula is C24H34O6. The largest absolute Gasteiger partial charge is 0.497 e. The summed E-state index contributed by atoms with van der Waals surface area (Å²) < 4.78 is 16.0. The molecule has 0 amide bonds. The number of carbonyl (C=O) groups is 3. The van der Waals surface area contributed by atoms with Gasteiger partial charge in [0.2, 0.25) is 0 Å². The predicted octanol–water partition coefficient (Wildman–Crippen LogP) is 4.45. The quantitative estimate of drug-likeness (QED) is 0.181. The third-order valence-corrected chi connectivity index (χ3v) is 4.56. The molecular weight excluding hydrogens is 384 g/mol. The van der Waals surface area contributed by atoms with E-state index in [1.54, 1.807) is 7.11 Å². The number of ether oxygens (including phenoxy) is 3. The zero-order valence-electron chi connectivity index (χ0n) is 18.6. The standard InChI is InChI=1S/C24H34O6/c1-18(12-13-29-17-21-8-10-23(28-4)11-9-21)6-5-7-19(2)16-30-24(27)15-22(26)14-20(3)25/h8-12,19H,5-7,13-17H2,1-4H3/b18-12+/t19-/m0/s1. The minimum atomic E-state index is -0.557. The van der Waals surface area contributed by atoms with Crippen molar-refractivity contribution in [1.29, 1.82) is 0 Å². The van der Waals surface area contributed by atoms with Crippen molar-refractivity contribution < 1.29 is 28.6 Å². The van der Waals surface area contributed by atoms with E-state index < -0.39 is 11.8 Å². The molecule has 1 rings (SSSR count). The van der Waals surface area contributed by atoms with Crippen LogP contribution in [0.3, 0.4) is 0 Å². The topological polar surface area (TPSA) is 78.9 Å². The van der Waals surface area contributed by atoms with Crippen molar-refractivity contribution in [2.45, 2.75) is 59.5 Å². The molecule has 1 aromatic rings. The van der Waals surface area contributed by atoms with E-state index in [-0.39, 0.29) is 24.5 Å². The van der Waals surface area contributed by atoms with Gasteiger partial charge >= 0.3 is 5.97 Å². The van der Waals surface area contributed by atoms with Gasteiger partial charge in [0.15, 0.2) is 5.78 Å².